The fourth-order valence-corrected chi connectivity index (χ4v) is 5.24. The van der Waals surface area contributed by atoms with E-state index in [1.165, 1.54) is 5.56 Å². The van der Waals surface area contributed by atoms with Gasteiger partial charge in [0.1, 0.15) is 11.5 Å². The molecule has 4 rings (SSSR count). The minimum Gasteiger partial charge on any atom is -0.508 e. The zero-order valence-electron chi connectivity index (χ0n) is 19.3. The fraction of sp³-hybridized carbons (Fsp3) is 0.500. The van der Waals surface area contributed by atoms with Crippen LogP contribution < -0.4 is 10.6 Å². The molecule has 0 unspecified atom stereocenters. The molecule has 1 saturated heterocycles. The van der Waals surface area contributed by atoms with Gasteiger partial charge in [-0.3, -0.25) is 4.79 Å². The number of hydrogen-bond donors (Lipinski definition) is 4. The van der Waals surface area contributed by atoms with Gasteiger partial charge in [0.15, 0.2) is 0 Å². The highest BCUT2D eigenvalue weighted by Gasteiger charge is 2.38. The van der Waals surface area contributed by atoms with Crippen molar-refractivity contribution >= 4 is 5.91 Å². The van der Waals surface area contributed by atoms with E-state index < -0.39 is 0 Å². The number of likely N-dealkylation sites (tertiary alicyclic amines) is 1. The van der Waals surface area contributed by atoms with Crippen molar-refractivity contribution < 1.29 is 15.0 Å². The van der Waals surface area contributed by atoms with Crippen LogP contribution in [0.2, 0.25) is 0 Å². The van der Waals surface area contributed by atoms with Gasteiger partial charge in [-0.1, -0.05) is 32.0 Å². The predicted molar refractivity (Wildman–Crippen MR) is 126 cm³/mol. The lowest BCUT2D eigenvalue weighted by molar-refractivity contribution is -0.124. The number of carbonyl (C=O) groups excluding carboxylic acids is 1. The Morgan fingerprint density at radius 2 is 2.00 bits per heavy atom. The summed E-state index contributed by atoms with van der Waals surface area (Å²) in [6.07, 6.45) is 1.66. The first-order chi connectivity index (χ1) is 15.2. The lowest BCUT2D eigenvalue weighted by Gasteiger charge is -2.45. The molecule has 2 heterocycles. The maximum Gasteiger partial charge on any atom is 0.237 e. The maximum atomic E-state index is 12.8. The first-order valence-electron chi connectivity index (χ1n) is 11.6. The molecule has 4 atom stereocenters. The molecule has 0 bridgehead atoms. The van der Waals surface area contributed by atoms with Crippen LogP contribution >= 0.6 is 0 Å². The molecule has 2 aliphatic rings. The molecule has 6 heteroatoms. The van der Waals surface area contributed by atoms with Gasteiger partial charge >= 0.3 is 0 Å². The minimum atomic E-state index is -0.246. The second-order valence-corrected chi connectivity index (χ2v) is 9.88. The Balaban J connectivity index is 1.30. The predicted octanol–water partition coefficient (Wildman–Crippen LogP) is 2.92. The van der Waals surface area contributed by atoms with E-state index in [-0.39, 0.29) is 29.2 Å². The number of nitrogens with one attached hydrogen (secondary N) is 2. The first kappa shape index (κ1) is 22.6. The molecule has 4 N–H and O–H groups in total. The molecule has 1 amide bonds. The summed E-state index contributed by atoms with van der Waals surface area (Å²) in [5, 5.41) is 26.0. The van der Waals surface area contributed by atoms with Crippen LogP contribution in [0.3, 0.4) is 0 Å². The van der Waals surface area contributed by atoms with Crippen molar-refractivity contribution in [3.63, 3.8) is 0 Å². The Bertz CT molecular complexity index is 979. The largest absolute Gasteiger partial charge is 0.508 e. The molecule has 1 fully saturated rings. The van der Waals surface area contributed by atoms with Crippen molar-refractivity contribution in [1.29, 1.82) is 0 Å². The van der Waals surface area contributed by atoms with E-state index in [4.69, 9.17) is 0 Å². The number of nitrogens with zero attached hydrogens (tertiary/aromatic N) is 1. The van der Waals surface area contributed by atoms with E-state index in [0.29, 0.717) is 24.6 Å². The molecule has 6 nitrogen and oxygen atoms in total. The molecule has 0 spiro atoms. The van der Waals surface area contributed by atoms with Crippen LogP contribution in [0.5, 0.6) is 11.5 Å². The fourth-order valence-electron chi connectivity index (χ4n) is 5.24. The highest BCUT2D eigenvalue weighted by atomic mass is 16.3. The number of aromatic hydroxyl groups is 2. The number of fused-ring (bicyclic) bond motifs is 1. The average molecular weight is 438 g/mol. The molecule has 2 aromatic carbocycles. The summed E-state index contributed by atoms with van der Waals surface area (Å²) >= 11 is 0. The Kier molecular flexibility index (Phi) is 6.45. The van der Waals surface area contributed by atoms with Crippen molar-refractivity contribution in [2.24, 2.45) is 5.92 Å². The van der Waals surface area contributed by atoms with Gasteiger partial charge in [0.05, 0.1) is 6.04 Å². The van der Waals surface area contributed by atoms with E-state index in [1.54, 1.807) is 18.2 Å². The molecule has 0 saturated carbocycles. The van der Waals surface area contributed by atoms with Crippen LogP contribution in [-0.2, 0) is 23.2 Å². The standard InChI is InChI=1S/C26H35N3O3/c1-17-15-29(10-9-26(17,3)21-5-4-6-22(30)13-21)16-18(2)28-25(32)24-12-19-7-8-23(31)11-20(19)14-27-24/h4-8,11,13,17-18,24,27,30-31H,9-10,12,14-16H2,1-3H3,(H,28,32)/t17-,18-,24+,26+/m0/s1. The maximum absolute atomic E-state index is 12.8. The van der Waals surface area contributed by atoms with Crippen LogP contribution in [0, 0.1) is 5.92 Å². The topological polar surface area (TPSA) is 84.8 Å². The van der Waals surface area contributed by atoms with E-state index in [0.717, 1.165) is 37.2 Å². The summed E-state index contributed by atoms with van der Waals surface area (Å²) in [7, 11) is 0. The van der Waals surface area contributed by atoms with E-state index >= 15 is 0 Å². The number of hydrogen-bond acceptors (Lipinski definition) is 5. The summed E-state index contributed by atoms with van der Waals surface area (Å²) in [5.41, 5.74) is 3.41. The molecular weight excluding hydrogens is 402 g/mol. The number of benzene rings is 2. The summed E-state index contributed by atoms with van der Waals surface area (Å²) in [6, 6.07) is 12.8. The van der Waals surface area contributed by atoms with Gasteiger partial charge in [-0.2, -0.15) is 0 Å². The molecule has 32 heavy (non-hydrogen) atoms. The van der Waals surface area contributed by atoms with Crippen molar-refractivity contribution in [2.45, 2.75) is 57.7 Å². The lowest BCUT2D eigenvalue weighted by atomic mass is 9.68. The molecule has 2 aliphatic heterocycles. The third-order valence-corrected chi connectivity index (χ3v) is 7.46. The monoisotopic (exact) mass is 437 g/mol. The molecule has 172 valence electrons. The SMILES string of the molecule is C[C@@H](CN1CC[C@@](C)(c2cccc(O)c2)[C@@H](C)C1)NC(=O)[C@H]1Cc2ccc(O)cc2CN1. The second-order valence-electron chi connectivity index (χ2n) is 9.88. The highest BCUT2D eigenvalue weighted by Crippen LogP contribution is 2.40. The number of phenols is 2. The first-order valence-corrected chi connectivity index (χ1v) is 11.6. The number of amides is 1. The number of phenolic OH excluding ortho intramolecular Hbond substituents is 2. The van der Waals surface area contributed by atoms with Gasteiger partial charge in [0, 0.05) is 25.7 Å². The van der Waals surface area contributed by atoms with Crippen molar-refractivity contribution in [3.8, 4) is 11.5 Å². The van der Waals surface area contributed by atoms with Crippen molar-refractivity contribution in [2.75, 3.05) is 19.6 Å². The Labute approximate surface area is 190 Å². The Morgan fingerprint density at radius 1 is 1.22 bits per heavy atom. The van der Waals surface area contributed by atoms with E-state index in [2.05, 4.69) is 42.4 Å². The van der Waals surface area contributed by atoms with Crippen LogP contribution in [0.1, 0.15) is 43.9 Å². The Hall–Kier alpha value is -2.57. The third-order valence-electron chi connectivity index (χ3n) is 7.46. The van der Waals surface area contributed by atoms with Crippen molar-refractivity contribution in [3.05, 3.63) is 59.2 Å². The summed E-state index contributed by atoms with van der Waals surface area (Å²) in [5.74, 6) is 1.06. The molecule has 2 aromatic rings. The van der Waals surface area contributed by atoms with Crippen LogP contribution in [0.4, 0.5) is 0 Å². The molecule has 0 aromatic heterocycles. The van der Waals surface area contributed by atoms with Gasteiger partial charge in [-0.25, -0.2) is 0 Å². The van der Waals surface area contributed by atoms with Gasteiger partial charge in [-0.05, 0) is 78.6 Å². The van der Waals surface area contributed by atoms with Crippen LogP contribution in [0.15, 0.2) is 42.5 Å². The normalized spacial score (nSPS) is 26.8. The van der Waals surface area contributed by atoms with Crippen LogP contribution in [0.25, 0.3) is 0 Å². The average Bonchev–Trinajstić information content (AvgIpc) is 2.76. The molecule has 0 aliphatic carbocycles. The van der Waals surface area contributed by atoms with Gasteiger partial charge in [0.25, 0.3) is 0 Å². The number of carbonyl (C=O) groups is 1. The van der Waals surface area contributed by atoms with E-state index in [1.807, 2.05) is 18.2 Å². The minimum absolute atomic E-state index is 0.0332. The summed E-state index contributed by atoms with van der Waals surface area (Å²) in [6.45, 7) is 9.99. The summed E-state index contributed by atoms with van der Waals surface area (Å²) < 4.78 is 0. The zero-order valence-corrected chi connectivity index (χ0v) is 19.3. The van der Waals surface area contributed by atoms with Gasteiger partial charge in [0.2, 0.25) is 5.91 Å². The smallest absolute Gasteiger partial charge is 0.237 e. The van der Waals surface area contributed by atoms with E-state index in [9.17, 15) is 15.0 Å². The van der Waals surface area contributed by atoms with Crippen molar-refractivity contribution in [1.82, 2.24) is 15.5 Å². The number of piperidine rings is 1. The molecule has 0 radical (unpaired) electrons. The summed E-state index contributed by atoms with van der Waals surface area (Å²) in [4.78, 5) is 15.3. The second kappa shape index (κ2) is 9.12. The van der Waals surface area contributed by atoms with Gasteiger partial charge in [-0.15, -0.1) is 0 Å². The third kappa shape index (κ3) is 4.76. The van der Waals surface area contributed by atoms with Gasteiger partial charge < -0.3 is 25.7 Å². The number of rotatable bonds is 5. The zero-order chi connectivity index (χ0) is 22.9. The highest BCUT2D eigenvalue weighted by molar-refractivity contribution is 5.82. The quantitative estimate of drug-likeness (QED) is 0.578. The van der Waals surface area contributed by atoms with Crippen LogP contribution in [-0.4, -0.2) is 52.7 Å². The molecular formula is C26H35N3O3. The lowest BCUT2D eigenvalue weighted by Crippen LogP contribution is -2.54. The Morgan fingerprint density at radius 3 is 2.75 bits per heavy atom.